The molecule has 0 aromatic rings. The van der Waals surface area contributed by atoms with Crippen molar-refractivity contribution in [3.63, 3.8) is 0 Å². The summed E-state index contributed by atoms with van der Waals surface area (Å²) in [5.74, 6) is 0. The Morgan fingerprint density at radius 3 is 2.25 bits per heavy atom. The molecule has 0 spiro atoms. The van der Waals surface area contributed by atoms with Crippen LogP contribution in [0, 0.1) is 4.91 Å². The third kappa shape index (κ3) is 1.36. The molecule has 0 atom stereocenters. The first kappa shape index (κ1) is 3.36. The zero-order valence-corrected chi connectivity index (χ0v) is 1.71. The second kappa shape index (κ2) is 2.36. The van der Waals surface area contributed by atoms with Crippen LogP contribution in [0.3, 0.4) is 0 Å². The van der Waals surface area contributed by atoms with E-state index in [2.05, 4.69) is 4.99 Å². The van der Waals surface area contributed by atoms with Gasteiger partial charge < -0.3 is 0 Å². The van der Waals surface area contributed by atoms with Crippen LogP contribution in [-0.2, 0) is 4.99 Å². The van der Waals surface area contributed by atoms with Crippen molar-refractivity contribution in [1.82, 2.24) is 0 Å². The third-order valence-electron chi connectivity index (χ3n) is 0.0333. The Morgan fingerprint density at radius 2 is 2.25 bits per heavy atom. The van der Waals surface area contributed by atoms with Gasteiger partial charge in [0, 0.05) is 0 Å². The molecule has 4 heteroatoms. The van der Waals surface area contributed by atoms with E-state index in [1.807, 2.05) is 0 Å². The average Bonchev–Trinajstić information content (AvgIpc) is 1.37. The molecule has 4 heavy (non-hydrogen) atoms. The molecular weight excluding hydrogens is 62.0 g/mol. The van der Waals surface area contributed by atoms with E-state index >= 15 is 0 Å². The van der Waals surface area contributed by atoms with Crippen molar-refractivity contribution < 1.29 is 10.2 Å². The van der Waals surface area contributed by atoms with Gasteiger partial charge in [-0.2, -0.15) is 10.2 Å². The third-order valence-corrected chi connectivity index (χ3v) is 0.0333. The second-order valence-corrected chi connectivity index (χ2v) is 0.156. The molecule has 0 rings (SSSR count). The maximum Gasteiger partial charge on any atom is 0.190 e. The SMILES string of the molecule is O=NOO. The molecule has 1 N–H and O–H groups in total. The first-order valence-corrected chi connectivity index (χ1v) is 0.548. The van der Waals surface area contributed by atoms with E-state index in [0.717, 1.165) is 0 Å². The van der Waals surface area contributed by atoms with Gasteiger partial charge in [-0.3, -0.25) is 0 Å². The minimum Gasteiger partial charge on any atom is -0.184 e. The predicted molar refractivity (Wildman–Crippen MR) is 9.51 cm³/mol. The van der Waals surface area contributed by atoms with E-state index < -0.39 is 0 Å². The molecule has 0 amide bonds. The van der Waals surface area contributed by atoms with Crippen LogP contribution >= 0.6 is 0 Å². The van der Waals surface area contributed by atoms with E-state index in [-0.39, 0.29) is 0 Å². The van der Waals surface area contributed by atoms with Crippen molar-refractivity contribution in [2.24, 2.45) is 5.34 Å². The highest BCUT2D eigenvalue weighted by Crippen LogP contribution is 1.51. The summed E-state index contributed by atoms with van der Waals surface area (Å²) >= 11 is 0. The number of hydrogen-bond donors (Lipinski definition) is 1. The summed E-state index contributed by atoms with van der Waals surface area (Å²) in [6.45, 7) is 0. The maximum absolute atomic E-state index is 8.45. The lowest BCUT2D eigenvalue weighted by molar-refractivity contribution is -0.245. The molecule has 0 aromatic heterocycles. The van der Waals surface area contributed by atoms with Crippen LogP contribution in [0.5, 0.6) is 0 Å². The Labute approximate surface area is 21.9 Å². The number of nitrogens with zero attached hydrogens (tertiary/aromatic N) is 1. The lowest BCUT2D eigenvalue weighted by atomic mass is 13.4. The predicted octanol–water partition coefficient (Wildman–Crippen LogP) is 0.157. The summed E-state index contributed by atoms with van der Waals surface area (Å²) in [5, 5.41) is 8.44. The smallest absolute Gasteiger partial charge is 0.184 e. The van der Waals surface area contributed by atoms with Crippen LogP contribution in [0.4, 0.5) is 0 Å². The molecule has 0 saturated carbocycles. The van der Waals surface area contributed by atoms with Crippen molar-refractivity contribution in [3.05, 3.63) is 4.91 Å². The summed E-state index contributed by atoms with van der Waals surface area (Å²) in [6.07, 6.45) is 0. The van der Waals surface area contributed by atoms with Crippen molar-refractivity contribution in [2.45, 2.75) is 0 Å². The normalized spacial score (nSPS) is 5.25. The van der Waals surface area contributed by atoms with E-state index in [0.29, 0.717) is 0 Å². The van der Waals surface area contributed by atoms with Gasteiger partial charge >= 0.3 is 0 Å². The van der Waals surface area contributed by atoms with Crippen LogP contribution in [0.1, 0.15) is 0 Å². The van der Waals surface area contributed by atoms with Gasteiger partial charge in [-0.15, -0.1) is 4.91 Å². The Morgan fingerprint density at radius 1 is 2.00 bits per heavy atom. The fraction of sp³-hybridized carbons (Fsp3) is 0. The maximum atomic E-state index is 8.45. The van der Waals surface area contributed by atoms with Gasteiger partial charge in [-0.05, 0) is 0 Å². The van der Waals surface area contributed by atoms with Gasteiger partial charge in [-0.25, -0.2) is 0 Å². The van der Waals surface area contributed by atoms with Gasteiger partial charge in [-0.1, -0.05) is 0 Å². The monoisotopic (exact) mass is 63.0 g/mol. The molecule has 24 valence electrons. The minimum atomic E-state index is 1.54. The molecule has 0 heterocycles. The summed E-state index contributed by atoms with van der Waals surface area (Å²) < 4.78 is 0. The molecule has 0 saturated heterocycles. The van der Waals surface area contributed by atoms with Crippen LogP contribution in [0.15, 0.2) is 5.34 Å². The van der Waals surface area contributed by atoms with Gasteiger partial charge in [0.05, 0.1) is 0 Å². The molecule has 4 nitrogen and oxygen atoms in total. The van der Waals surface area contributed by atoms with Gasteiger partial charge in [0.1, 0.15) is 0 Å². The van der Waals surface area contributed by atoms with Gasteiger partial charge in [0.2, 0.25) is 0 Å². The Kier molecular flexibility index (Phi) is 1.98. The summed E-state index contributed by atoms with van der Waals surface area (Å²) in [5.41, 5.74) is 0. The minimum absolute atomic E-state index is 1.54. The van der Waals surface area contributed by atoms with Crippen LogP contribution in [0.25, 0.3) is 0 Å². The molecule has 0 radical (unpaired) electrons. The van der Waals surface area contributed by atoms with Crippen molar-refractivity contribution >= 4 is 0 Å². The lowest BCUT2D eigenvalue weighted by Gasteiger charge is -1.59. The van der Waals surface area contributed by atoms with E-state index in [9.17, 15) is 0 Å². The van der Waals surface area contributed by atoms with Gasteiger partial charge in [0.25, 0.3) is 0 Å². The zero-order valence-electron chi connectivity index (χ0n) is 1.71. The van der Waals surface area contributed by atoms with Gasteiger partial charge in [0.15, 0.2) is 5.34 Å². The lowest BCUT2D eigenvalue weighted by Crippen LogP contribution is -1.56. The molecule has 0 aliphatic heterocycles. The molecule has 0 aromatic carbocycles. The first-order valence-electron chi connectivity index (χ1n) is 0.548. The summed E-state index contributed by atoms with van der Waals surface area (Å²) in [7, 11) is 0. The standard InChI is InChI=1S/HNO3/c2-1-4-3/h3H. The molecule has 0 fully saturated rings. The van der Waals surface area contributed by atoms with Crippen LogP contribution in [0.2, 0.25) is 0 Å². The quantitative estimate of drug-likeness (QED) is 0.268. The van der Waals surface area contributed by atoms with Crippen molar-refractivity contribution in [2.75, 3.05) is 0 Å². The first-order chi connectivity index (χ1) is 1.91. The highest BCUT2D eigenvalue weighted by molar-refractivity contribution is 3.86. The van der Waals surface area contributed by atoms with E-state index in [1.165, 1.54) is 0 Å². The van der Waals surface area contributed by atoms with Crippen LogP contribution in [-0.4, -0.2) is 5.26 Å². The fourth-order valence-electron chi connectivity index (χ4n) is 0. The fourth-order valence-corrected chi connectivity index (χ4v) is 0. The van der Waals surface area contributed by atoms with E-state index in [4.69, 9.17) is 10.2 Å². The molecule has 0 unspecified atom stereocenters. The van der Waals surface area contributed by atoms with Crippen LogP contribution < -0.4 is 0 Å². The summed E-state index contributed by atoms with van der Waals surface area (Å²) in [6, 6.07) is 0. The number of rotatable bonds is 1. The van der Waals surface area contributed by atoms with E-state index in [1.54, 1.807) is 5.34 Å². The average molecular weight is 63.0 g/mol. The second-order valence-electron chi connectivity index (χ2n) is 0.156. The molecule has 0 aliphatic carbocycles. The molecular formula is HNO3. The Balaban J connectivity index is 2.30. The number of hydrogen-bond acceptors (Lipinski definition) is 4. The summed E-state index contributed by atoms with van der Waals surface area (Å²) in [4.78, 5) is 11.1. The Hall–Kier alpha value is -0.640. The topological polar surface area (TPSA) is 58.9 Å². The zero-order chi connectivity index (χ0) is 3.41. The largest absolute Gasteiger partial charge is 0.190 e. The van der Waals surface area contributed by atoms with Crippen molar-refractivity contribution in [3.8, 4) is 0 Å². The molecule has 0 aliphatic rings. The molecule has 0 bridgehead atoms. The van der Waals surface area contributed by atoms with Crippen molar-refractivity contribution in [1.29, 1.82) is 0 Å². The highest BCUT2D eigenvalue weighted by atomic mass is 17.2. The highest BCUT2D eigenvalue weighted by Gasteiger charge is 1.47. The Bertz CT molecular complexity index is 17.2.